The van der Waals surface area contributed by atoms with Crippen molar-refractivity contribution in [2.24, 2.45) is 0 Å². The molecule has 1 atom stereocenters. The number of hydrogen-bond donors (Lipinski definition) is 0. The van der Waals surface area contributed by atoms with Gasteiger partial charge < -0.3 is 9.80 Å². The average molecular weight is 782 g/mol. The van der Waals surface area contributed by atoms with Gasteiger partial charge >= 0.3 is 0 Å². The largest absolute Gasteiger partial charge is 0.310 e. The van der Waals surface area contributed by atoms with E-state index in [4.69, 9.17) is 6.85 Å². The molecule has 61 heavy (non-hydrogen) atoms. The van der Waals surface area contributed by atoms with Gasteiger partial charge in [0, 0.05) is 34.1 Å². The molecule has 0 fully saturated rings. The van der Waals surface area contributed by atoms with Crippen LogP contribution in [0.25, 0.3) is 44.2 Å². The van der Waals surface area contributed by atoms with Crippen molar-refractivity contribution < 1.29 is 6.85 Å². The highest BCUT2D eigenvalue weighted by molar-refractivity contribution is 5.98. The van der Waals surface area contributed by atoms with E-state index in [-0.39, 0.29) is 29.7 Å². The Morgan fingerprint density at radius 3 is 1.31 bits per heavy atom. The van der Waals surface area contributed by atoms with E-state index < -0.39 is 11.5 Å². The molecule has 0 saturated carbocycles. The molecule has 0 saturated heterocycles. The van der Waals surface area contributed by atoms with E-state index in [1.807, 2.05) is 24.3 Å². The summed E-state index contributed by atoms with van der Waals surface area (Å²) in [4.78, 5) is 4.60. The molecule has 0 N–H and O–H groups in total. The van der Waals surface area contributed by atoms with Crippen molar-refractivity contribution in [2.45, 2.75) is 5.41 Å². The fourth-order valence-electron chi connectivity index (χ4n) is 9.93. The highest BCUT2D eigenvalue weighted by atomic mass is 15.1. The molecule has 0 aromatic heterocycles. The summed E-state index contributed by atoms with van der Waals surface area (Å²) in [5.41, 5.74) is 15.8. The Hall–Kier alpha value is -7.94. The molecule has 1 unspecified atom stereocenters. The lowest BCUT2D eigenvalue weighted by molar-refractivity contribution is 0.793. The molecular formula is C59H40N2. The predicted octanol–water partition coefficient (Wildman–Crippen LogP) is 15.8. The molecule has 2 aliphatic rings. The third kappa shape index (κ3) is 5.50. The highest BCUT2D eigenvalue weighted by Crippen LogP contribution is 2.64. The van der Waals surface area contributed by atoms with Crippen LogP contribution in [-0.2, 0) is 5.41 Å². The summed E-state index contributed by atoms with van der Waals surface area (Å²) in [6.07, 6.45) is 0. The smallest absolute Gasteiger partial charge is 0.0727 e. The monoisotopic (exact) mass is 781 g/mol. The number of anilines is 6. The summed E-state index contributed by atoms with van der Waals surface area (Å²) < 4.78 is 42.3. The zero-order valence-corrected chi connectivity index (χ0v) is 33.1. The molecule has 12 rings (SSSR count). The van der Waals surface area contributed by atoms with E-state index in [9.17, 15) is 0 Å². The topological polar surface area (TPSA) is 6.48 Å². The average Bonchev–Trinajstić information content (AvgIpc) is 3.83. The van der Waals surface area contributed by atoms with Crippen LogP contribution in [0.1, 0.15) is 29.1 Å². The van der Waals surface area contributed by atoms with Gasteiger partial charge in [-0.1, -0.05) is 170 Å². The normalized spacial score (nSPS) is 15.4. The van der Waals surface area contributed by atoms with Crippen molar-refractivity contribution in [1.29, 1.82) is 0 Å². The van der Waals surface area contributed by atoms with Gasteiger partial charge in [0.25, 0.3) is 0 Å². The minimum Gasteiger partial charge on any atom is -0.310 e. The van der Waals surface area contributed by atoms with E-state index >= 15 is 0 Å². The zero-order chi connectivity index (χ0) is 44.7. The molecule has 0 aliphatic heterocycles. The van der Waals surface area contributed by atoms with Gasteiger partial charge in [-0.25, -0.2) is 0 Å². The predicted molar refractivity (Wildman–Crippen MR) is 255 cm³/mol. The first-order valence-corrected chi connectivity index (χ1v) is 20.7. The number of hydrogen-bond acceptors (Lipinski definition) is 2. The van der Waals surface area contributed by atoms with Gasteiger partial charge in [0.15, 0.2) is 0 Å². The Labute approximate surface area is 363 Å². The van der Waals surface area contributed by atoms with Crippen LogP contribution in [0.2, 0.25) is 0 Å². The summed E-state index contributed by atoms with van der Waals surface area (Å²) in [5, 5.41) is 2.24. The molecule has 0 heterocycles. The quantitative estimate of drug-likeness (QED) is 0.159. The lowest BCUT2D eigenvalue weighted by Crippen LogP contribution is -2.26. The Kier molecular flexibility index (Phi) is 6.98. The number of fused-ring (bicyclic) bond motifs is 11. The van der Waals surface area contributed by atoms with Crippen LogP contribution >= 0.6 is 0 Å². The Morgan fingerprint density at radius 2 is 0.721 bits per heavy atom. The van der Waals surface area contributed by atoms with Gasteiger partial charge in [-0.3, -0.25) is 0 Å². The standard InChI is InChI=1S/C59H40N2/c1-4-16-41(17-5-1)43-28-31-47(32-29-43)61(48-33-30-42-18-10-11-19-44(42)38-48)50-35-37-54-52-25-13-15-27-56(52)59(58(54)40-50)55-26-14-12-24-51(55)53-36-34-49(39-57(53)59)60(45-20-6-2-7-21-45)46-22-8-3-9-23-46/h1-40H/i1D,4D,5D,16D,17D. The van der Waals surface area contributed by atoms with Crippen LogP contribution in [-0.4, -0.2) is 0 Å². The van der Waals surface area contributed by atoms with Crippen LogP contribution in [0, 0.1) is 0 Å². The maximum absolute atomic E-state index is 8.70. The minimum absolute atomic E-state index is 0.179. The van der Waals surface area contributed by atoms with Gasteiger partial charge in [0.05, 0.1) is 12.3 Å². The SMILES string of the molecule is [2H]c1c([2H])c([2H])c(-c2ccc(N(c3ccc4c(c3)C3(c5ccccc5-c5ccc(N(c6ccccc6)c6ccccc6)cc53)c3ccccc3-4)c3ccc4ccccc4c3)cc2)c([2H])c1[2H]. The van der Waals surface area contributed by atoms with Crippen LogP contribution < -0.4 is 9.80 Å². The Bertz CT molecular complexity index is 3470. The van der Waals surface area contributed by atoms with E-state index in [1.54, 1.807) is 0 Å². The third-order valence-electron chi connectivity index (χ3n) is 12.5. The Morgan fingerprint density at radius 1 is 0.295 bits per heavy atom. The van der Waals surface area contributed by atoms with Crippen molar-refractivity contribution in [3.05, 3.63) is 265 Å². The van der Waals surface area contributed by atoms with Gasteiger partial charge in [-0.15, -0.1) is 0 Å². The first kappa shape index (κ1) is 30.2. The third-order valence-corrected chi connectivity index (χ3v) is 12.5. The van der Waals surface area contributed by atoms with Gasteiger partial charge in [0.1, 0.15) is 0 Å². The number of rotatable bonds is 7. The van der Waals surface area contributed by atoms with Crippen molar-refractivity contribution in [3.63, 3.8) is 0 Å². The van der Waals surface area contributed by atoms with E-state index in [2.05, 4.69) is 198 Å². The van der Waals surface area contributed by atoms with Crippen LogP contribution in [0.15, 0.2) is 243 Å². The van der Waals surface area contributed by atoms with Crippen molar-refractivity contribution in [2.75, 3.05) is 9.80 Å². The molecular weight excluding hydrogens is 737 g/mol. The second-order valence-corrected chi connectivity index (χ2v) is 15.7. The number of para-hydroxylation sites is 2. The summed E-state index contributed by atoms with van der Waals surface area (Å²) in [6, 6.07) is 73.7. The zero-order valence-electron chi connectivity index (χ0n) is 38.1. The molecule has 10 aromatic carbocycles. The molecule has 0 bridgehead atoms. The first-order chi connectivity index (χ1) is 32.3. The molecule has 286 valence electrons. The highest BCUT2D eigenvalue weighted by Gasteiger charge is 2.52. The fraction of sp³-hybridized carbons (Fsp3) is 0.0169. The second kappa shape index (κ2) is 14.1. The lowest BCUT2D eigenvalue weighted by atomic mass is 9.70. The molecule has 10 aromatic rings. The first-order valence-electron chi connectivity index (χ1n) is 23.2. The van der Waals surface area contributed by atoms with Crippen LogP contribution in [0.4, 0.5) is 34.1 Å². The van der Waals surface area contributed by atoms with Gasteiger partial charge in [-0.05, 0) is 139 Å². The maximum Gasteiger partial charge on any atom is 0.0727 e. The molecule has 0 radical (unpaired) electrons. The van der Waals surface area contributed by atoms with E-state index in [1.165, 1.54) is 44.5 Å². The minimum atomic E-state index is -0.650. The molecule has 1 spiro atoms. The molecule has 2 heteroatoms. The van der Waals surface area contributed by atoms with Crippen molar-refractivity contribution in [3.8, 4) is 33.4 Å². The summed E-state index contributed by atoms with van der Waals surface area (Å²) in [5.74, 6) is 0. The van der Waals surface area contributed by atoms with Crippen molar-refractivity contribution >= 4 is 44.9 Å². The summed E-state index contributed by atoms with van der Waals surface area (Å²) in [7, 11) is 0. The summed E-state index contributed by atoms with van der Waals surface area (Å²) in [6.45, 7) is 0. The van der Waals surface area contributed by atoms with Gasteiger partial charge in [0.2, 0.25) is 0 Å². The second-order valence-electron chi connectivity index (χ2n) is 15.7. The fourth-order valence-corrected chi connectivity index (χ4v) is 9.93. The van der Waals surface area contributed by atoms with E-state index in [0.717, 1.165) is 44.9 Å². The van der Waals surface area contributed by atoms with Crippen molar-refractivity contribution in [1.82, 2.24) is 0 Å². The summed E-state index contributed by atoms with van der Waals surface area (Å²) >= 11 is 0. The molecule has 0 amide bonds. The van der Waals surface area contributed by atoms with Gasteiger partial charge in [-0.2, -0.15) is 0 Å². The lowest BCUT2D eigenvalue weighted by Gasteiger charge is -2.33. The van der Waals surface area contributed by atoms with Crippen LogP contribution in [0.5, 0.6) is 0 Å². The maximum atomic E-state index is 8.70. The number of nitrogens with zero attached hydrogens (tertiary/aromatic N) is 2. The van der Waals surface area contributed by atoms with Crippen LogP contribution in [0.3, 0.4) is 0 Å². The molecule has 2 aliphatic carbocycles. The Balaban J connectivity index is 1.09. The van der Waals surface area contributed by atoms with E-state index in [0.29, 0.717) is 5.56 Å². The molecule has 2 nitrogen and oxygen atoms in total. The number of benzene rings is 10.